The molecule has 116 valence electrons. The van der Waals surface area contributed by atoms with E-state index in [9.17, 15) is 9.59 Å². The maximum Gasteiger partial charge on any atom is 0.343 e. The summed E-state index contributed by atoms with van der Waals surface area (Å²) in [6, 6.07) is 5.35. The number of esters is 1. The van der Waals surface area contributed by atoms with Gasteiger partial charge in [0, 0.05) is 12.2 Å². The van der Waals surface area contributed by atoms with Crippen molar-refractivity contribution in [1.29, 1.82) is 0 Å². The van der Waals surface area contributed by atoms with E-state index >= 15 is 0 Å². The zero-order chi connectivity index (χ0) is 15.7. The van der Waals surface area contributed by atoms with Crippen LogP contribution in [0.1, 0.15) is 18.9 Å². The highest BCUT2D eigenvalue weighted by Crippen LogP contribution is 2.21. The molecule has 0 spiro atoms. The van der Waals surface area contributed by atoms with E-state index in [1.807, 2.05) is 19.9 Å². The van der Waals surface area contributed by atoms with Crippen LogP contribution >= 0.6 is 0 Å². The van der Waals surface area contributed by atoms with Crippen LogP contribution in [0.4, 0.5) is 5.69 Å². The molecular formula is C15H22N2O4. The summed E-state index contributed by atoms with van der Waals surface area (Å²) in [5.41, 5.74) is 1.78. The average molecular weight is 294 g/mol. The highest BCUT2D eigenvalue weighted by molar-refractivity contribution is 5.81. The molecule has 2 N–H and O–H groups in total. The normalized spacial score (nSPS) is 9.86. The van der Waals surface area contributed by atoms with Crippen molar-refractivity contribution < 1.29 is 19.1 Å². The van der Waals surface area contributed by atoms with Gasteiger partial charge in [-0.25, -0.2) is 4.79 Å². The molecule has 0 aliphatic heterocycles. The molecule has 0 aliphatic rings. The van der Waals surface area contributed by atoms with Crippen LogP contribution in [-0.4, -0.2) is 38.7 Å². The second-order valence-electron chi connectivity index (χ2n) is 4.55. The van der Waals surface area contributed by atoms with Gasteiger partial charge in [0.25, 0.3) is 0 Å². The van der Waals surface area contributed by atoms with Gasteiger partial charge in [-0.1, -0.05) is 6.92 Å². The molecule has 0 bridgehead atoms. The lowest BCUT2D eigenvalue weighted by atomic mass is 10.2. The predicted molar refractivity (Wildman–Crippen MR) is 80.5 cm³/mol. The van der Waals surface area contributed by atoms with Gasteiger partial charge in [-0.15, -0.1) is 0 Å². The summed E-state index contributed by atoms with van der Waals surface area (Å²) < 4.78 is 9.79. The summed E-state index contributed by atoms with van der Waals surface area (Å²) in [7, 11) is 1.31. The van der Waals surface area contributed by atoms with Crippen LogP contribution in [0.2, 0.25) is 0 Å². The standard InChI is InChI=1S/C15H22N2O4/c1-4-7-16-14(18)9-17-13-6-5-12(8-11(13)2)21-10-15(19)20-3/h5-6,8,17H,4,7,9-10H2,1-3H3,(H,16,18). The third-order valence-corrected chi connectivity index (χ3v) is 2.79. The van der Waals surface area contributed by atoms with E-state index < -0.39 is 5.97 Å². The molecular weight excluding hydrogens is 272 g/mol. The van der Waals surface area contributed by atoms with Gasteiger partial charge in [-0.2, -0.15) is 0 Å². The number of carbonyl (C=O) groups excluding carboxylic acids is 2. The molecule has 0 aromatic heterocycles. The maximum atomic E-state index is 11.5. The Morgan fingerprint density at radius 3 is 2.67 bits per heavy atom. The fraction of sp³-hybridized carbons (Fsp3) is 0.467. The molecule has 0 saturated heterocycles. The Morgan fingerprint density at radius 1 is 1.29 bits per heavy atom. The highest BCUT2D eigenvalue weighted by Gasteiger charge is 2.05. The van der Waals surface area contributed by atoms with Crippen LogP contribution in [0.25, 0.3) is 0 Å². The van der Waals surface area contributed by atoms with Crippen LogP contribution in [0, 0.1) is 6.92 Å². The summed E-state index contributed by atoms with van der Waals surface area (Å²) in [6.07, 6.45) is 0.914. The first-order valence-corrected chi connectivity index (χ1v) is 6.87. The van der Waals surface area contributed by atoms with Gasteiger partial charge in [0.2, 0.25) is 5.91 Å². The molecule has 0 unspecified atom stereocenters. The molecule has 0 radical (unpaired) electrons. The SMILES string of the molecule is CCCNC(=O)CNc1ccc(OCC(=O)OC)cc1C. The number of methoxy groups -OCH3 is 1. The van der Waals surface area contributed by atoms with Crippen molar-refractivity contribution in [3.8, 4) is 5.75 Å². The third kappa shape index (κ3) is 6.16. The molecule has 0 fully saturated rings. The Labute approximate surface area is 124 Å². The summed E-state index contributed by atoms with van der Waals surface area (Å²) in [5.74, 6) is 0.114. The summed E-state index contributed by atoms with van der Waals surface area (Å²) in [6.45, 7) is 4.69. The minimum absolute atomic E-state index is 0.0396. The molecule has 6 heteroatoms. The fourth-order valence-corrected chi connectivity index (χ4v) is 1.63. The first-order valence-electron chi connectivity index (χ1n) is 6.87. The van der Waals surface area contributed by atoms with Crippen molar-refractivity contribution in [3.63, 3.8) is 0 Å². The molecule has 0 heterocycles. The Bertz CT molecular complexity index is 489. The van der Waals surface area contributed by atoms with Crippen LogP contribution < -0.4 is 15.4 Å². The molecule has 1 aromatic rings. The van der Waals surface area contributed by atoms with Gasteiger partial charge < -0.3 is 20.1 Å². The summed E-state index contributed by atoms with van der Waals surface area (Å²) in [5, 5.41) is 5.86. The number of ether oxygens (including phenoxy) is 2. The van der Waals surface area contributed by atoms with Crippen molar-refractivity contribution in [1.82, 2.24) is 5.32 Å². The second-order valence-corrected chi connectivity index (χ2v) is 4.55. The number of amides is 1. The minimum atomic E-state index is -0.428. The van der Waals surface area contributed by atoms with Crippen LogP contribution in [0.5, 0.6) is 5.75 Å². The molecule has 1 aromatic carbocycles. The minimum Gasteiger partial charge on any atom is -0.482 e. The zero-order valence-corrected chi connectivity index (χ0v) is 12.7. The van der Waals surface area contributed by atoms with E-state index in [4.69, 9.17) is 4.74 Å². The van der Waals surface area contributed by atoms with Gasteiger partial charge in [-0.05, 0) is 37.1 Å². The largest absolute Gasteiger partial charge is 0.482 e. The summed E-state index contributed by atoms with van der Waals surface area (Å²) in [4.78, 5) is 22.5. The lowest BCUT2D eigenvalue weighted by molar-refractivity contribution is -0.142. The first kappa shape index (κ1) is 16.8. The predicted octanol–water partition coefficient (Wildman–Crippen LogP) is 1.48. The number of anilines is 1. The number of hydrogen-bond donors (Lipinski definition) is 2. The lowest BCUT2D eigenvalue weighted by Crippen LogP contribution is -2.30. The fourth-order valence-electron chi connectivity index (χ4n) is 1.63. The van der Waals surface area contributed by atoms with Crippen molar-refractivity contribution >= 4 is 17.6 Å². The molecule has 0 atom stereocenters. The number of rotatable bonds is 8. The summed E-state index contributed by atoms with van der Waals surface area (Å²) >= 11 is 0. The molecule has 0 aliphatic carbocycles. The van der Waals surface area contributed by atoms with Crippen molar-refractivity contribution in [2.24, 2.45) is 0 Å². The van der Waals surface area contributed by atoms with Crippen molar-refractivity contribution in [3.05, 3.63) is 23.8 Å². The average Bonchev–Trinajstić information content (AvgIpc) is 2.49. The van der Waals surface area contributed by atoms with E-state index in [-0.39, 0.29) is 19.1 Å². The lowest BCUT2D eigenvalue weighted by Gasteiger charge is -2.11. The Balaban J connectivity index is 2.50. The van der Waals surface area contributed by atoms with E-state index in [0.717, 1.165) is 17.7 Å². The second kappa shape index (κ2) is 8.84. The van der Waals surface area contributed by atoms with Crippen molar-refractivity contribution in [2.75, 3.05) is 32.1 Å². The smallest absolute Gasteiger partial charge is 0.343 e. The molecule has 1 rings (SSSR count). The molecule has 0 saturated carbocycles. The van der Waals surface area contributed by atoms with Crippen molar-refractivity contribution in [2.45, 2.75) is 20.3 Å². The molecule has 21 heavy (non-hydrogen) atoms. The van der Waals surface area contributed by atoms with Gasteiger partial charge in [0.1, 0.15) is 5.75 Å². The van der Waals surface area contributed by atoms with Crippen LogP contribution in [0.15, 0.2) is 18.2 Å². The van der Waals surface area contributed by atoms with E-state index in [2.05, 4.69) is 15.4 Å². The quantitative estimate of drug-likeness (QED) is 0.710. The Kier molecular flexibility index (Phi) is 7.08. The van der Waals surface area contributed by atoms with Gasteiger partial charge >= 0.3 is 5.97 Å². The van der Waals surface area contributed by atoms with Crippen LogP contribution in [-0.2, 0) is 14.3 Å². The Hall–Kier alpha value is -2.24. The van der Waals surface area contributed by atoms with Gasteiger partial charge in [-0.3, -0.25) is 4.79 Å². The highest BCUT2D eigenvalue weighted by atomic mass is 16.6. The monoisotopic (exact) mass is 294 g/mol. The third-order valence-electron chi connectivity index (χ3n) is 2.79. The number of aryl methyl sites for hydroxylation is 1. The van der Waals surface area contributed by atoms with Gasteiger partial charge in [0.15, 0.2) is 6.61 Å². The van der Waals surface area contributed by atoms with E-state index in [1.54, 1.807) is 12.1 Å². The number of carbonyl (C=O) groups is 2. The molecule has 6 nitrogen and oxygen atoms in total. The zero-order valence-electron chi connectivity index (χ0n) is 12.7. The topological polar surface area (TPSA) is 76.7 Å². The number of benzene rings is 1. The first-order chi connectivity index (χ1) is 10.1. The van der Waals surface area contributed by atoms with E-state index in [0.29, 0.717) is 12.3 Å². The number of hydrogen-bond acceptors (Lipinski definition) is 5. The Morgan fingerprint density at radius 2 is 2.05 bits per heavy atom. The van der Waals surface area contributed by atoms with Gasteiger partial charge in [0.05, 0.1) is 13.7 Å². The van der Waals surface area contributed by atoms with Crippen LogP contribution in [0.3, 0.4) is 0 Å². The maximum absolute atomic E-state index is 11.5. The number of nitrogens with one attached hydrogen (secondary N) is 2. The van der Waals surface area contributed by atoms with E-state index in [1.165, 1.54) is 7.11 Å². The molecule has 1 amide bonds.